The molecule has 0 aliphatic heterocycles. The van der Waals surface area contributed by atoms with Gasteiger partial charge < -0.3 is 20.6 Å². The smallest absolute Gasteiger partial charge is 0.271 e. The lowest BCUT2D eigenvalue weighted by Gasteiger charge is -2.07. The summed E-state index contributed by atoms with van der Waals surface area (Å²) in [7, 11) is 0. The number of amides is 2. The zero-order valence-corrected chi connectivity index (χ0v) is 26.1. The van der Waals surface area contributed by atoms with E-state index in [1.165, 1.54) is 36.4 Å². The molecule has 240 valence electrons. The summed E-state index contributed by atoms with van der Waals surface area (Å²) >= 11 is 2.30. The van der Waals surface area contributed by atoms with E-state index in [0.717, 1.165) is 23.5 Å². The SMILES string of the molecule is O=C(CSc1nc2ccc([N+](=O)[O-])cc2[nH]1)Nc1ccc(C(=O)c2ccc(NC(=O)CSc3nc4ccc([N+](=O)[O-])cc4[nH]3)cc2)cc1. The molecule has 2 heterocycles. The van der Waals surface area contributed by atoms with Crippen molar-refractivity contribution < 1.29 is 24.2 Å². The van der Waals surface area contributed by atoms with Gasteiger partial charge in [-0.3, -0.25) is 34.6 Å². The van der Waals surface area contributed by atoms with Crippen molar-refractivity contribution in [2.75, 3.05) is 22.1 Å². The van der Waals surface area contributed by atoms with Crippen LogP contribution >= 0.6 is 23.5 Å². The van der Waals surface area contributed by atoms with Crippen LogP contribution in [0.15, 0.2) is 95.2 Å². The van der Waals surface area contributed by atoms with Crippen LogP contribution in [0.3, 0.4) is 0 Å². The van der Waals surface area contributed by atoms with E-state index in [2.05, 4.69) is 30.6 Å². The highest BCUT2D eigenvalue weighted by Gasteiger charge is 2.14. The molecule has 6 rings (SSSR count). The number of ketones is 1. The summed E-state index contributed by atoms with van der Waals surface area (Å²) in [5.41, 5.74) is 3.79. The molecule has 48 heavy (non-hydrogen) atoms. The number of hydrogen-bond donors (Lipinski definition) is 4. The average molecular weight is 683 g/mol. The number of aromatic amines is 2. The van der Waals surface area contributed by atoms with E-state index in [9.17, 15) is 34.6 Å². The van der Waals surface area contributed by atoms with Crippen molar-refractivity contribution in [3.8, 4) is 0 Å². The van der Waals surface area contributed by atoms with Crippen molar-refractivity contribution in [1.29, 1.82) is 0 Å². The Hall–Kier alpha value is -6.07. The fourth-order valence-electron chi connectivity index (χ4n) is 4.55. The number of rotatable bonds is 12. The third-order valence-corrected chi connectivity index (χ3v) is 8.60. The Bertz CT molecular complexity index is 2060. The maximum absolute atomic E-state index is 13.0. The number of nitro benzene ring substituents is 2. The maximum Gasteiger partial charge on any atom is 0.271 e. The summed E-state index contributed by atoms with van der Waals surface area (Å²) in [5, 5.41) is 28.4. The number of carbonyl (C=O) groups excluding carboxylic acids is 3. The molecule has 0 saturated carbocycles. The Balaban J connectivity index is 0.973. The molecule has 0 fully saturated rings. The lowest BCUT2D eigenvalue weighted by atomic mass is 10.0. The van der Waals surface area contributed by atoms with Crippen molar-refractivity contribution in [3.63, 3.8) is 0 Å². The summed E-state index contributed by atoms with van der Waals surface area (Å²) < 4.78 is 0. The number of nitrogens with one attached hydrogen (secondary N) is 4. The first-order valence-corrected chi connectivity index (χ1v) is 16.0. The van der Waals surface area contributed by atoms with Crippen LogP contribution in [-0.2, 0) is 9.59 Å². The molecule has 0 unspecified atom stereocenters. The summed E-state index contributed by atoms with van der Waals surface area (Å²) in [6.45, 7) is 0. The van der Waals surface area contributed by atoms with Gasteiger partial charge in [-0.15, -0.1) is 0 Å². The molecule has 0 radical (unpaired) electrons. The molecule has 0 spiro atoms. The molecule has 4 N–H and O–H groups in total. The van der Waals surface area contributed by atoms with Gasteiger partial charge in [0.25, 0.3) is 11.4 Å². The summed E-state index contributed by atoms with van der Waals surface area (Å²) in [4.78, 5) is 73.6. The fraction of sp³-hybridized carbons (Fsp3) is 0.0645. The minimum absolute atomic E-state index is 0.0385. The highest BCUT2D eigenvalue weighted by atomic mass is 32.2. The van der Waals surface area contributed by atoms with Gasteiger partial charge in [0.1, 0.15) is 0 Å². The predicted octanol–water partition coefficient (Wildman–Crippen LogP) is 5.95. The van der Waals surface area contributed by atoms with Crippen LogP contribution in [0.1, 0.15) is 15.9 Å². The third-order valence-electron chi connectivity index (χ3n) is 6.85. The highest BCUT2D eigenvalue weighted by Crippen LogP contribution is 2.25. The number of thioether (sulfide) groups is 2. The molecule has 6 aromatic rings. The lowest BCUT2D eigenvalue weighted by molar-refractivity contribution is -0.384. The van der Waals surface area contributed by atoms with Gasteiger partial charge >= 0.3 is 0 Å². The molecule has 2 aromatic heterocycles. The van der Waals surface area contributed by atoms with Gasteiger partial charge in [-0.2, -0.15) is 0 Å². The Labute approximate surface area is 278 Å². The fourth-order valence-corrected chi connectivity index (χ4v) is 5.92. The minimum atomic E-state index is -0.493. The van der Waals surface area contributed by atoms with Crippen LogP contribution < -0.4 is 10.6 Å². The van der Waals surface area contributed by atoms with E-state index >= 15 is 0 Å². The van der Waals surface area contributed by atoms with E-state index in [1.807, 2.05) is 0 Å². The number of benzene rings is 4. The van der Waals surface area contributed by atoms with Crippen LogP contribution in [0.4, 0.5) is 22.7 Å². The van der Waals surface area contributed by atoms with Crippen molar-refractivity contribution >= 4 is 85.9 Å². The van der Waals surface area contributed by atoms with Gasteiger partial charge in [0.05, 0.1) is 43.4 Å². The van der Waals surface area contributed by atoms with Gasteiger partial charge in [-0.1, -0.05) is 23.5 Å². The molecule has 0 saturated heterocycles. The number of non-ortho nitro benzene ring substituents is 2. The van der Waals surface area contributed by atoms with E-state index in [0.29, 0.717) is 54.9 Å². The van der Waals surface area contributed by atoms with E-state index in [1.54, 1.807) is 48.5 Å². The van der Waals surface area contributed by atoms with E-state index in [4.69, 9.17) is 0 Å². The Morgan fingerprint density at radius 1 is 0.625 bits per heavy atom. The second-order valence-corrected chi connectivity index (χ2v) is 12.1. The number of nitrogens with zero attached hydrogens (tertiary/aromatic N) is 4. The van der Waals surface area contributed by atoms with Crippen LogP contribution in [0.2, 0.25) is 0 Å². The van der Waals surface area contributed by atoms with E-state index in [-0.39, 0.29) is 40.5 Å². The summed E-state index contributed by atoms with van der Waals surface area (Å²) in [6, 6.07) is 21.4. The monoisotopic (exact) mass is 682 g/mol. The molecule has 0 aliphatic rings. The Morgan fingerprint density at radius 2 is 1.02 bits per heavy atom. The van der Waals surface area contributed by atoms with Gasteiger partial charge in [-0.25, -0.2) is 9.97 Å². The van der Waals surface area contributed by atoms with E-state index < -0.39 is 9.85 Å². The van der Waals surface area contributed by atoms with Crippen LogP contribution in [0, 0.1) is 20.2 Å². The van der Waals surface area contributed by atoms with Gasteiger partial charge in [0.15, 0.2) is 16.1 Å². The molecule has 15 nitrogen and oxygen atoms in total. The lowest BCUT2D eigenvalue weighted by Crippen LogP contribution is -2.14. The Morgan fingerprint density at radius 3 is 1.40 bits per heavy atom. The first kappa shape index (κ1) is 31.9. The largest absolute Gasteiger partial charge is 0.333 e. The zero-order valence-electron chi connectivity index (χ0n) is 24.5. The average Bonchev–Trinajstić information content (AvgIpc) is 3.69. The summed E-state index contributed by atoms with van der Waals surface area (Å²) in [6.07, 6.45) is 0. The third kappa shape index (κ3) is 7.48. The van der Waals surface area contributed by atoms with Crippen molar-refractivity contribution in [2.24, 2.45) is 0 Å². The quantitative estimate of drug-likeness (QED) is 0.0511. The molecule has 4 aromatic carbocycles. The first-order valence-electron chi connectivity index (χ1n) is 14.0. The second-order valence-electron chi connectivity index (χ2n) is 10.2. The number of fused-ring (bicyclic) bond motifs is 2. The standard InChI is InChI=1S/C31H22N8O7S2/c40-27(15-47-30-34-23-11-9-21(38(43)44)13-25(23)36-30)32-19-5-1-17(2-6-19)29(42)18-3-7-20(8-4-18)33-28(41)16-48-31-35-24-12-10-22(39(45)46)14-26(24)37-31/h1-14H,15-16H2,(H,32,40)(H,33,41)(H,34,36)(H,35,37). The molecular weight excluding hydrogens is 661 g/mol. The Kier molecular flexibility index (Phi) is 9.13. The first-order chi connectivity index (χ1) is 23.1. The molecular formula is C31H22N8O7S2. The second kappa shape index (κ2) is 13.7. The van der Waals surface area contributed by atoms with Crippen LogP contribution in [-0.4, -0.2) is 58.9 Å². The number of imidazole rings is 2. The molecule has 0 aliphatic carbocycles. The number of nitro groups is 2. The van der Waals surface area contributed by atoms with Gasteiger partial charge in [-0.05, 0) is 60.7 Å². The molecule has 17 heteroatoms. The normalized spacial score (nSPS) is 11.0. The summed E-state index contributed by atoms with van der Waals surface area (Å²) in [5.74, 6) is -0.767. The number of aromatic nitrogens is 4. The molecule has 2 amide bonds. The molecule has 0 bridgehead atoms. The minimum Gasteiger partial charge on any atom is -0.333 e. The molecule has 0 atom stereocenters. The number of anilines is 2. The van der Waals surface area contributed by atoms with Gasteiger partial charge in [0, 0.05) is 46.8 Å². The van der Waals surface area contributed by atoms with Crippen molar-refractivity contribution in [3.05, 3.63) is 116 Å². The topological polar surface area (TPSA) is 219 Å². The predicted molar refractivity (Wildman–Crippen MR) is 181 cm³/mol. The zero-order chi connectivity index (χ0) is 33.8. The van der Waals surface area contributed by atoms with Crippen LogP contribution in [0.25, 0.3) is 22.1 Å². The highest BCUT2D eigenvalue weighted by molar-refractivity contribution is 8.00. The van der Waals surface area contributed by atoms with Gasteiger partial charge in [0.2, 0.25) is 11.8 Å². The van der Waals surface area contributed by atoms with Crippen molar-refractivity contribution in [2.45, 2.75) is 10.3 Å². The number of carbonyl (C=O) groups is 3. The number of hydrogen-bond acceptors (Lipinski definition) is 11. The number of H-pyrrole nitrogens is 2. The van der Waals surface area contributed by atoms with Crippen molar-refractivity contribution in [1.82, 2.24) is 19.9 Å². The maximum atomic E-state index is 13.0. The van der Waals surface area contributed by atoms with Crippen LogP contribution in [0.5, 0.6) is 0 Å².